The molecule has 132 valence electrons. The number of carbonyl (C=O) groups is 1. The van der Waals surface area contributed by atoms with Crippen molar-refractivity contribution in [3.63, 3.8) is 0 Å². The van der Waals surface area contributed by atoms with Crippen LogP contribution in [0.4, 0.5) is 0 Å². The van der Waals surface area contributed by atoms with Crippen LogP contribution in [0.3, 0.4) is 0 Å². The largest absolute Gasteiger partial charge is 0.360 e. The molecule has 0 amide bonds. The number of rotatable bonds is 2. The van der Waals surface area contributed by atoms with Crippen molar-refractivity contribution in [3.05, 3.63) is 0 Å². The number of carbonyl (C=O) groups excluding carboxylic acids is 1. The Bertz CT molecular complexity index is 387. The highest BCUT2D eigenvalue weighted by Crippen LogP contribution is 2.30. The van der Waals surface area contributed by atoms with Crippen LogP contribution in [0.2, 0.25) is 0 Å². The second kappa shape index (κ2) is 8.02. The molecule has 0 bridgehead atoms. The third kappa shape index (κ3) is 5.11. The minimum atomic E-state index is -0.624. The van der Waals surface area contributed by atoms with Gasteiger partial charge in [-0.25, -0.2) is 20.0 Å². The van der Waals surface area contributed by atoms with E-state index in [1.54, 1.807) is 20.8 Å². The number of hydrogen-bond donors (Lipinski definition) is 1. The summed E-state index contributed by atoms with van der Waals surface area (Å²) < 4.78 is 0. The standard InChI is InChI=1S/C18H32N2O3/c1-18(2,3)16(21)22-23-17(19)20(14-10-6-4-7-11-14)15-12-8-5-9-13-15/h14-15,19H,4-13H2,1-3H3. The van der Waals surface area contributed by atoms with Crippen LogP contribution in [0.1, 0.15) is 85.0 Å². The lowest BCUT2D eigenvalue weighted by Crippen LogP contribution is -2.49. The normalized spacial score (nSPS) is 20.8. The molecule has 2 aliphatic rings. The van der Waals surface area contributed by atoms with Crippen molar-refractivity contribution < 1.29 is 14.6 Å². The summed E-state index contributed by atoms with van der Waals surface area (Å²) in [6.07, 6.45) is 11.8. The number of hydrogen-bond acceptors (Lipinski definition) is 4. The highest BCUT2D eigenvalue weighted by atomic mass is 17.2. The Balaban J connectivity index is 2.00. The van der Waals surface area contributed by atoms with Crippen LogP contribution in [0.25, 0.3) is 0 Å². The minimum absolute atomic E-state index is 0.0152. The van der Waals surface area contributed by atoms with E-state index >= 15 is 0 Å². The highest BCUT2D eigenvalue weighted by molar-refractivity contribution is 5.77. The van der Waals surface area contributed by atoms with Crippen LogP contribution < -0.4 is 0 Å². The Kier molecular flexibility index (Phi) is 6.31. The van der Waals surface area contributed by atoms with E-state index in [4.69, 9.17) is 15.2 Å². The summed E-state index contributed by atoms with van der Waals surface area (Å²) >= 11 is 0. The summed E-state index contributed by atoms with van der Waals surface area (Å²) in [4.78, 5) is 24.1. The van der Waals surface area contributed by atoms with Crippen LogP contribution in [0, 0.1) is 10.8 Å². The molecule has 2 aliphatic carbocycles. The van der Waals surface area contributed by atoms with Crippen molar-refractivity contribution in [3.8, 4) is 0 Å². The summed E-state index contributed by atoms with van der Waals surface area (Å²) in [6, 6.07) is 0.724. The van der Waals surface area contributed by atoms with E-state index in [0.717, 1.165) is 25.7 Å². The molecule has 0 aromatic heterocycles. The molecule has 2 saturated carbocycles. The number of nitrogens with one attached hydrogen (secondary N) is 1. The first-order valence-corrected chi connectivity index (χ1v) is 9.15. The first-order valence-electron chi connectivity index (χ1n) is 9.15. The topological polar surface area (TPSA) is 62.6 Å². The van der Waals surface area contributed by atoms with Crippen molar-refractivity contribution in [1.82, 2.24) is 4.90 Å². The van der Waals surface area contributed by atoms with Crippen LogP contribution >= 0.6 is 0 Å². The van der Waals surface area contributed by atoms with Crippen LogP contribution in [0.5, 0.6) is 0 Å². The van der Waals surface area contributed by atoms with Crippen LogP contribution in [-0.4, -0.2) is 29.0 Å². The Morgan fingerprint density at radius 1 is 0.870 bits per heavy atom. The van der Waals surface area contributed by atoms with E-state index in [9.17, 15) is 4.79 Å². The summed E-state index contributed by atoms with van der Waals surface area (Å²) in [5.41, 5.74) is -0.624. The number of amidine groups is 1. The molecule has 0 aliphatic heterocycles. The first kappa shape index (κ1) is 18.1. The van der Waals surface area contributed by atoms with Gasteiger partial charge in [0.25, 0.3) is 0 Å². The molecule has 0 aromatic rings. The van der Waals surface area contributed by atoms with Gasteiger partial charge in [-0.3, -0.25) is 0 Å². The molecule has 2 rings (SSSR count). The van der Waals surface area contributed by atoms with Gasteiger partial charge in [0, 0.05) is 12.1 Å². The van der Waals surface area contributed by atoms with E-state index in [2.05, 4.69) is 4.90 Å². The van der Waals surface area contributed by atoms with E-state index in [-0.39, 0.29) is 6.02 Å². The Morgan fingerprint density at radius 3 is 1.70 bits per heavy atom. The van der Waals surface area contributed by atoms with E-state index in [1.165, 1.54) is 38.5 Å². The molecule has 0 saturated heterocycles. The lowest BCUT2D eigenvalue weighted by molar-refractivity contribution is -0.238. The maximum absolute atomic E-state index is 11.9. The SMILES string of the molecule is CC(C)(C)C(=O)OOC(=N)N(C1CCCCC1)C1CCCCC1. The van der Waals surface area contributed by atoms with Gasteiger partial charge in [-0.2, -0.15) is 0 Å². The fourth-order valence-electron chi connectivity index (χ4n) is 3.59. The summed E-state index contributed by atoms with van der Waals surface area (Å²) in [5.74, 6) is -0.436. The lowest BCUT2D eigenvalue weighted by atomic mass is 9.89. The Labute approximate surface area is 140 Å². The van der Waals surface area contributed by atoms with Gasteiger partial charge in [0.15, 0.2) is 0 Å². The van der Waals surface area contributed by atoms with Crippen molar-refractivity contribution in [2.24, 2.45) is 5.41 Å². The third-order valence-electron chi connectivity index (χ3n) is 4.98. The molecule has 0 spiro atoms. The monoisotopic (exact) mass is 324 g/mol. The van der Waals surface area contributed by atoms with Gasteiger partial charge in [0.05, 0.1) is 5.41 Å². The average Bonchev–Trinajstić information content (AvgIpc) is 2.54. The average molecular weight is 324 g/mol. The fraction of sp³-hybridized carbons (Fsp3) is 0.889. The maximum atomic E-state index is 11.9. The molecule has 23 heavy (non-hydrogen) atoms. The van der Waals surface area contributed by atoms with Gasteiger partial charge in [-0.1, -0.05) is 38.5 Å². The zero-order valence-electron chi connectivity index (χ0n) is 14.9. The van der Waals surface area contributed by atoms with Gasteiger partial charge < -0.3 is 4.90 Å². The molecular formula is C18H32N2O3. The zero-order valence-corrected chi connectivity index (χ0v) is 14.9. The highest BCUT2D eigenvalue weighted by Gasteiger charge is 2.33. The molecular weight excluding hydrogens is 292 g/mol. The van der Waals surface area contributed by atoms with Crippen molar-refractivity contribution >= 4 is 12.0 Å². The van der Waals surface area contributed by atoms with Gasteiger partial charge in [-0.05, 0) is 46.5 Å². The zero-order chi connectivity index (χ0) is 16.9. The van der Waals surface area contributed by atoms with Crippen molar-refractivity contribution in [2.75, 3.05) is 0 Å². The van der Waals surface area contributed by atoms with Crippen molar-refractivity contribution in [2.45, 2.75) is 97.1 Å². The van der Waals surface area contributed by atoms with Gasteiger partial charge in [-0.15, -0.1) is 0 Å². The molecule has 5 nitrogen and oxygen atoms in total. The maximum Gasteiger partial charge on any atom is 0.360 e. The van der Waals surface area contributed by atoms with Gasteiger partial charge in [0.1, 0.15) is 0 Å². The van der Waals surface area contributed by atoms with Crippen LogP contribution in [-0.2, 0) is 14.6 Å². The molecule has 0 radical (unpaired) electrons. The molecule has 0 unspecified atom stereocenters. The quantitative estimate of drug-likeness (QED) is 0.354. The minimum Gasteiger partial charge on any atom is -0.317 e. The van der Waals surface area contributed by atoms with Crippen molar-refractivity contribution in [1.29, 1.82) is 5.41 Å². The third-order valence-corrected chi connectivity index (χ3v) is 4.98. The molecule has 0 atom stereocenters. The summed E-state index contributed by atoms with van der Waals surface area (Å²) in [6.45, 7) is 5.34. The molecule has 2 fully saturated rings. The number of nitrogens with zero attached hydrogens (tertiary/aromatic N) is 1. The second-order valence-corrected chi connectivity index (χ2v) is 8.00. The predicted octanol–water partition coefficient (Wildman–Crippen LogP) is 4.41. The molecule has 0 heterocycles. The van der Waals surface area contributed by atoms with E-state index in [0.29, 0.717) is 12.1 Å². The summed E-state index contributed by atoms with van der Waals surface area (Å²) in [5, 5.41) is 8.34. The molecule has 1 N–H and O–H groups in total. The van der Waals surface area contributed by atoms with Gasteiger partial charge in [0.2, 0.25) is 0 Å². The van der Waals surface area contributed by atoms with E-state index < -0.39 is 11.4 Å². The Morgan fingerprint density at radius 2 is 1.30 bits per heavy atom. The molecule has 0 aromatic carbocycles. The van der Waals surface area contributed by atoms with E-state index in [1.807, 2.05) is 0 Å². The first-order chi connectivity index (χ1) is 10.9. The lowest BCUT2D eigenvalue weighted by Gasteiger charge is -2.41. The fourth-order valence-corrected chi connectivity index (χ4v) is 3.59. The second-order valence-electron chi connectivity index (χ2n) is 8.00. The van der Waals surface area contributed by atoms with Gasteiger partial charge >= 0.3 is 12.0 Å². The van der Waals surface area contributed by atoms with Crippen LogP contribution in [0.15, 0.2) is 0 Å². The predicted molar refractivity (Wildman–Crippen MR) is 89.9 cm³/mol. The summed E-state index contributed by atoms with van der Waals surface area (Å²) in [7, 11) is 0. The smallest absolute Gasteiger partial charge is 0.317 e. The Hall–Kier alpha value is -1.26. The molecule has 5 heteroatoms.